The quantitative estimate of drug-likeness (QED) is 0.690. The van der Waals surface area contributed by atoms with Gasteiger partial charge in [0, 0.05) is 23.9 Å². The van der Waals surface area contributed by atoms with E-state index in [9.17, 15) is 9.90 Å². The van der Waals surface area contributed by atoms with Crippen LogP contribution in [0.1, 0.15) is 25.1 Å². The van der Waals surface area contributed by atoms with Crippen LogP contribution in [0.4, 0.5) is 5.69 Å². The Bertz CT molecular complexity index is 889. The van der Waals surface area contributed by atoms with Crippen molar-refractivity contribution in [3.05, 3.63) is 59.8 Å². The van der Waals surface area contributed by atoms with Gasteiger partial charge in [0.2, 0.25) is 5.91 Å². The molecule has 0 atom stereocenters. The molecule has 26 heavy (non-hydrogen) atoms. The van der Waals surface area contributed by atoms with Gasteiger partial charge in [-0.2, -0.15) is 4.09 Å². The molecule has 0 saturated carbocycles. The zero-order valence-corrected chi connectivity index (χ0v) is 15.5. The van der Waals surface area contributed by atoms with Gasteiger partial charge in [-0.3, -0.25) is 4.79 Å². The van der Waals surface area contributed by atoms with E-state index in [4.69, 9.17) is 0 Å². The molecule has 0 radical (unpaired) electrons. The molecule has 0 saturated heterocycles. The summed E-state index contributed by atoms with van der Waals surface area (Å²) in [6.45, 7) is 3.56. The van der Waals surface area contributed by atoms with E-state index in [-0.39, 0.29) is 11.7 Å². The van der Waals surface area contributed by atoms with Crippen LogP contribution in [0.3, 0.4) is 0 Å². The second-order valence-corrected chi connectivity index (χ2v) is 6.70. The molecule has 0 aliphatic rings. The fourth-order valence-corrected chi connectivity index (χ4v) is 3.48. The molecule has 3 rings (SSSR count). The SMILES string of the molecule is CCc1c(-c2ccc(O)cc2)nnn1SCc1ccc(NC(C)=O)cc1. The van der Waals surface area contributed by atoms with Crippen molar-refractivity contribution in [2.75, 3.05) is 5.32 Å². The summed E-state index contributed by atoms with van der Waals surface area (Å²) in [6.07, 6.45) is 0.803. The van der Waals surface area contributed by atoms with Crippen LogP contribution in [-0.4, -0.2) is 25.4 Å². The van der Waals surface area contributed by atoms with Gasteiger partial charge >= 0.3 is 0 Å². The van der Waals surface area contributed by atoms with E-state index >= 15 is 0 Å². The highest BCUT2D eigenvalue weighted by molar-refractivity contribution is 7.96. The van der Waals surface area contributed by atoms with Gasteiger partial charge in [0.05, 0.1) is 5.69 Å². The normalized spacial score (nSPS) is 10.7. The average Bonchev–Trinajstić information content (AvgIpc) is 3.04. The molecule has 0 aliphatic carbocycles. The molecule has 3 aromatic rings. The van der Waals surface area contributed by atoms with Crippen molar-refractivity contribution in [2.45, 2.75) is 26.0 Å². The van der Waals surface area contributed by atoms with Gasteiger partial charge in [-0.1, -0.05) is 24.3 Å². The van der Waals surface area contributed by atoms with Crippen molar-refractivity contribution in [1.29, 1.82) is 0 Å². The Morgan fingerprint density at radius 2 is 1.85 bits per heavy atom. The molecule has 2 aromatic carbocycles. The minimum absolute atomic E-state index is 0.0795. The fraction of sp³-hybridized carbons (Fsp3) is 0.211. The first-order valence-corrected chi connectivity index (χ1v) is 9.25. The number of aromatic nitrogens is 3. The number of rotatable bonds is 6. The van der Waals surface area contributed by atoms with E-state index in [0.29, 0.717) is 0 Å². The number of nitrogens with zero attached hydrogens (tertiary/aromatic N) is 3. The number of phenolic OH excluding ortho intramolecular Hbond substituents is 1. The van der Waals surface area contributed by atoms with Gasteiger partial charge in [-0.05, 0) is 60.3 Å². The molecule has 0 bridgehead atoms. The zero-order valence-electron chi connectivity index (χ0n) is 14.6. The average molecular weight is 368 g/mol. The number of phenols is 1. The molecule has 0 spiro atoms. The third-order valence-electron chi connectivity index (χ3n) is 3.83. The Labute approximate surface area is 156 Å². The monoisotopic (exact) mass is 368 g/mol. The Hall–Kier alpha value is -2.80. The third kappa shape index (κ3) is 4.23. The lowest BCUT2D eigenvalue weighted by molar-refractivity contribution is -0.114. The van der Waals surface area contributed by atoms with E-state index < -0.39 is 0 Å². The van der Waals surface area contributed by atoms with E-state index in [2.05, 4.69) is 22.6 Å². The number of hydrogen-bond donors (Lipinski definition) is 2. The number of benzene rings is 2. The lowest BCUT2D eigenvalue weighted by atomic mass is 10.1. The highest BCUT2D eigenvalue weighted by atomic mass is 32.2. The molecule has 2 N–H and O–H groups in total. The van der Waals surface area contributed by atoms with Crippen molar-refractivity contribution < 1.29 is 9.90 Å². The van der Waals surface area contributed by atoms with Crippen LogP contribution in [0.5, 0.6) is 5.75 Å². The van der Waals surface area contributed by atoms with Crippen molar-refractivity contribution in [2.24, 2.45) is 0 Å². The number of aromatic hydroxyl groups is 1. The van der Waals surface area contributed by atoms with Crippen LogP contribution in [0.2, 0.25) is 0 Å². The Morgan fingerprint density at radius 1 is 1.15 bits per heavy atom. The molecule has 0 fully saturated rings. The molecule has 1 aromatic heterocycles. The highest BCUT2D eigenvalue weighted by Gasteiger charge is 2.14. The van der Waals surface area contributed by atoms with Crippen molar-refractivity contribution >= 4 is 23.5 Å². The summed E-state index contributed by atoms with van der Waals surface area (Å²) in [4.78, 5) is 11.1. The molecule has 7 heteroatoms. The standard InChI is InChI=1S/C19H20N4O2S/c1-3-18-19(15-6-10-17(25)11-7-15)21-22-23(18)26-12-14-4-8-16(9-5-14)20-13(2)24/h4-11,25H,3,12H2,1-2H3,(H,20,24). The van der Waals surface area contributed by atoms with Crippen LogP contribution >= 0.6 is 11.9 Å². The van der Waals surface area contributed by atoms with E-state index in [1.54, 1.807) is 24.1 Å². The largest absolute Gasteiger partial charge is 0.508 e. The Balaban J connectivity index is 1.72. The maximum atomic E-state index is 11.1. The van der Waals surface area contributed by atoms with Crippen LogP contribution in [0.25, 0.3) is 11.3 Å². The maximum Gasteiger partial charge on any atom is 0.221 e. The summed E-state index contributed by atoms with van der Waals surface area (Å²) < 4.78 is 1.85. The number of nitrogens with one attached hydrogen (secondary N) is 1. The highest BCUT2D eigenvalue weighted by Crippen LogP contribution is 2.27. The van der Waals surface area contributed by atoms with Crippen LogP contribution < -0.4 is 5.32 Å². The number of carbonyl (C=O) groups excluding carboxylic acids is 1. The molecular formula is C19H20N4O2S. The molecule has 0 aliphatic heterocycles. The second kappa shape index (κ2) is 8.05. The van der Waals surface area contributed by atoms with E-state index in [1.807, 2.05) is 40.5 Å². The molecule has 134 valence electrons. The lowest BCUT2D eigenvalue weighted by Gasteiger charge is -2.07. The summed E-state index contributed by atoms with van der Waals surface area (Å²) in [5.74, 6) is 0.895. The van der Waals surface area contributed by atoms with Crippen molar-refractivity contribution in [1.82, 2.24) is 14.4 Å². The Morgan fingerprint density at radius 3 is 2.46 bits per heavy atom. The predicted molar refractivity (Wildman–Crippen MR) is 104 cm³/mol. The molecule has 1 amide bonds. The second-order valence-electron chi connectivity index (χ2n) is 5.81. The van der Waals surface area contributed by atoms with Gasteiger partial charge in [0.15, 0.2) is 0 Å². The molecular weight excluding hydrogens is 348 g/mol. The van der Waals surface area contributed by atoms with Gasteiger partial charge < -0.3 is 10.4 Å². The maximum absolute atomic E-state index is 11.1. The number of hydrogen-bond acceptors (Lipinski definition) is 5. The lowest BCUT2D eigenvalue weighted by Crippen LogP contribution is -2.05. The smallest absolute Gasteiger partial charge is 0.221 e. The molecule has 1 heterocycles. The van der Waals surface area contributed by atoms with Gasteiger partial charge in [0.25, 0.3) is 0 Å². The van der Waals surface area contributed by atoms with Crippen LogP contribution in [0.15, 0.2) is 48.5 Å². The minimum atomic E-state index is -0.0795. The van der Waals surface area contributed by atoms with Crippen molar-refractivity contribution in [3.8, 4) is 17.0 Å². The summed E-state index contributed by atoms with van der Waals surface area (Å²) >= 11 is 1.57. The van der Waals surface area contributed by atoms with Gasteiger partial charge in [-0.25, -0.2) is 0 Å². The summed E-state index contributed by atoms with van der Waals surface area (Å²) in [6, 6.07) is 14.7. The van der Waals surface area contributed by atoms with Crippen LogP contribution in [-0.2, 0) is 17.0 Å². The van der Waals surface area contributed by atoms with Crippen molar-refractivity contribution in [3.63, 3.8) is 0 Å². The number of carbonyl (C=O) groups is 1. The number of anilines is 1. The molecule has 6 nitrogen and oxygen atoms in total. The summed E-state index contributed by atoms with van der Waals surface area (Å²) in [7, 11) is 0. The number of amides is 1. The first-order valence-electron chi connectivity index (χ1n) is 8.30. The van der Waals surface area contributed by atoms with E-state index in [1.165, 1.54) is 6.92 Å². The van der Waals surface area contributed by atoms with Gasteiger partial charge in [-0.15, -0.1) is 5.10 Å². The van der Waals surface area contributed by atoms with Crippen LogP contribution in [0, 0.1) is 0 Å². The van der Waals surface area contributed by atoms with Gasteiger partial charge in [0.1, 0.15) is 11.4 Å². The first kappa shape index (κ1) is 18.0. The fourth-order valence-electron chi connectivity index (χ4n) is 2.56. The minimum Gasteiger partial charge on any atom is -0.508 e. The predicted octanol–water partition coefficient (Wildman–Crippen LogP) is 3.87. The first-order chi connectivity index (χ1) is 12.6. The van der Waals surface area contributed by atoms with E-state index in [0.717, 1.165) is 40.4 Å². The summed E-state index contributed by atoms with van der Waals surface area (Å²) in [5.41, 5.74) is 4.73. The Kier molecular flexibility index (Phi) is 5.58. The third-order valence-corrected chi connectivity index (χ3v) is 4.83. The topological polar surface area (TPSA) is 80.0 Å². The zero-order chi connectivity index (χ0) is 18.5. The summed E-state index contributed by atoms with van der Waals surface area (Å²) in [5, 5.41) is 20.8. The molecule has 0 unspecified atom stereocenters.